The minimum Gasteiger partial charge on any atom is -0.369 e. The zero-order valence-corrected chi connectivity index (χ0v) is 13.7. The highest BCUT2D eigenvalue weighted by Crippen LogP contribution is 2.24. The molecule has 0 amide bonds. The quantitative estimate of drug-likeness (QED) is 0.929. The lowest BCUT2D eigenvalue weighted by Crippen LogP contribution is -2.26. The van der Waals surface area contributed by atoms with Gasteiger partial charge in [-0.2, -0.15) is 5.26 Å². The molecule has 7 heteroatoms. The van der Waals surface area contributed by atoms with Gasteiger partial charge in [-0.3, -0.25) is 0 Å². The Balaban J connectivity index is 1.69. The summed E-state index contributed by atoms with van der Waals surface area (Å²) in [5.74, 6) is 1.23. The van der Waals surface area contributed by atoms with E-state index in [9.17, 15) is 4.39 Å². The summed E-state index contributed by atoms with van der Waals surface area (Å²) in [7, 11) is 3.86. The van der Waals surface area contributed by atoms with Crippen LogP contribution in [0.3, 0.4) is 0 Å². The Hall–Kier alpha value is -2.88. The van der Waals surface area contributed by atoms with Crippen molar-refractivity contribution in [3.8, 4) is 6.07 Å². The summed E-state index contributed by atoms with van der Waals surface area (Å²) in [5.41, 5.74) is 1.08. The molecule has 1 N–H and O–H groups in total. The first-order chi connectivity index (χ1) is 11.5. The van der Waals surface area contributed by atoms with Crippen LogP contribution < -0.4 is 15.1 Å². The number of benzene rings is 1. The molecule has 2 heterocycles. The highest BCUT2D eigenvalue weighted by atomic mass is 19.1. The van der Waals surface area contributed by atoms with Crippen molar-refractivity contribution in [2.45, 2.75) is 12.5 Å². The average molecular weight is 326 g/mol. The van der Waals surface area contributed by atoms with E-state index in [1.54, 1.807) is 6.07 Å². The molecule has 3 rings (SSSR count). The van der Waals surface area contributed by atoms with Crippen molar-refractivity contribution in [1.29, 1.82) is 5.26 Å². The summed E-state index contributed by atoms with van der Waals surface area (Å²) in [6.07, 6.45) is 2.45. The molecule has 6 nitrogen and oxygen atoms in total. The van der Waals surface area contributed by atoms with Gasteiger partial charge in [-0.25, -0.2) is 14.4 Å². The van der Waals surface area contributed by atoms with Crippen molar-refractivity contribution in [1.82, 2.24) is 9.97 Å². The van der Waals surface area contributed by atoms with Crippen LogP contribution in [0.1, 0.15) is 12.0 Å². The third kappa shape index (κ3) is 3.54. The van der Waals surface area contributed by atoms with Crippen LogP contribution in [0.15, 0.2) is 30.6 Å². The fourth-order valence-electron chi connectivity index (χ4n) is 2.81. The van der Waals surface area contributed by atoms with Gasteiger partial charge in [0.05, 0.1) is 11.6 Å². The Morgan fingerprint density at radius 2 is 2.12 bits per heavy atom. The molecule has 1 unspecified atom stereocenters. The van der Waals surface area contributed by atoms with Crippen LogP contribution in [0.2, 0.25) is 0 Å². The molecule has 1 saturated heterocycles. The minimum atomic E-state index is -0.383. The smallest absolute Gasteiger partial charge is 0.133 e. The van der Waals surface area contributed by atoms with Crippen molar-refractivity contribution in [2.75, 3.05) is 42.3 Å². The van der Waals surface area contributed by atoms with Crippen LogP contribution >= 0.6 is 0 Å². The second-order valence-corrected chi connectivity index (χ2v) is 6.04. The number of nitrogens with one attached hydrogen (secondary N) is 1. The van der Waals surface area contributed by atoms with Gasteiger partial charge in [0.2, 0.25) is 0 Å². The summed E-state index contributed by atoms with van der Waals surface area (Å²) in [5, 5.41) is 12.4. The summed E-state index contributed by atoms with van der Waals surface area (Å²) in [4.78, 5) is 12.5. The lowest BCUT2D eigenvalue weighted by atomic mass is 10.2. The maximum atomic E-state index is 13.6. The largest absolute Gasteiger partial charge is 0.369 e. The van der Waals surface area contributed by atoms with E-state index in [4.69, 9.17) is 5.26 Å². The molecule has 0 spiro atoms. The predicted molar refractivity (Wildman–Crippen MR) is 91.7 cm³/mol. The van der Waals surface area contributed by atoms with Gasteiger partial charge in [-0.15, -0.1) is 0 Å². The van der Waals surface area contributed by atoms with Crippen LogP contribution in [0.4, 0.5) is 21.7 Å². The molecule has 24 heavy (non-hydrogen) atoms. The van der Waals surface area contributed by atoms with Crippen LogP contribution in [-0.2, 0) is 0 Å². The van der Waals surface area contributed by atoms with Crippen LogP contribution in [0.25, 0.3) is 0 Å². The third-order valence-corrected chi connectivity index (χ3v) is 4.03. The Labute approximate surface area is 140 Å². The van der Waals surface area contributed by atoms with Crippen molar-refractivity contribution >= 4 is 17.3 Å². The number of hydrogen-bond donors (Lipinski definition) is 1. The third-order valence-electron chi connectivity index (χ3n) is 4.03. The van der Waals surface area contributed by atoms with E-state index in [1.807, 2.05) is 31.1 Å². The van der Waals surface area contributed by atoms with Crippen molar-refractivity contribution < 1.29 is 4.39 Å². The molecular formula is C17H19FN6. The van der Waals surface area contributed by atoms with Crippen LogP contribution in [-0.4, -0.2) is 43.2 Å². The summed E-state index contributed by atoms with van der Waals surface area (Å²) in [6.45, 7) is 1.53. The molecule has 0 bridgehead atoms. The molecule has 1 aliphatic heterocycles. The maximum Gasteiger partial charge on any atom is 0.133 e. The van der Waals surface area contributed by atoms with Crippen LogP contribution in [0, 0.1) is 17.1 Å². The van der Waals surface area contributed by atoms with Gasteiger partial charge in [-0.05, 0) is 24.6 Å². The Morgan fingerprint density at radius 1 is 1.29 bits per heavy atom. The molecule has 1 aromatic heterocycles. The predicted octanol–water partition coefficient (Wildman–Crippen LogP) is 2.24. The number of nitrogens with zero attached hydrogens (tertiary/aromatic N) is 5. The zero-order valence-electron chi connectivity index (χ0n) is 13.7. The van der Waals surface area contributed by atoms with Gasteiger partial charge in [-0.1, -0.05) is 0 Å². The van der Waals surface area contributed by atoms with E-state index in [2.05, 4.69) is 20.2 Å². The molecule has 2 aromatic rings. The zero-order chi connectivity index (χ0) is 17.1. The average Bonchev–Trinajstić information content (AvgIpc) is 3.03. The lowest BCUT2D eigenvalue weighted by Gasteiger charge is -2.20. The van der Waals surface area contributed by atoms with Gasteiger partial charge in [0.15, 0.2) is 0 Å². The van der Waals surface area contributed by atoms with Gasteiger partial charge in [0.25, 0.3) is 0 Å². The first-order valence-electron chi connectivity index (χ1n) is 7.76. The highest BCUT2D eigenvalue weighted by molar-refractivity contribution is 5.54. The highest BCUT2D eigenvalue weighted by Gasteiger charge is 2.23. The molecule has 0 radical (unpaired) electrons. The van der Waals surface area contributed by atoms with Gasteiger partial charge in [0, 0.05) is 45.0 Å². The van der Waals surface area contributed by atoms with Gasteiger partial charge in [0.1, 0.15) is 23.8 Å². The summed E-state index contributed by atoms with van der Waals surface area (Å²) >= 11 is 0. The molecule has 124 valence electrons. The summed E-state index contributed by atoms with van der Waals surface area (Å²) in [6, 6.07) is 8.55. The van der Waals surface area contributed by atoms with E-state index >= 15 is 0 Å². The van der Waals surface area contributed by atoms with E-state index in [-0.39, 0.29) is 11.9 Å². The number of nitriles is 1. The molecule has 1 aliphatic rings. The molecular weight excluding hydrogens is 307 g/mol. The monoisotopic (exact) mass is 326 g/mol. The van der Waals surface area contributed by atoms with E-state index in [1.165, 1.54) is 18.5 Å². The van der Waals surface area contributed by atoms with Crippen molar-refractivity contribution in [3.05, 3.63) is 42.0 Å². The Morgan fingerprint density at radius 3 is 2.88 bits per heavy atom. The van der Waals surface area contributed by atoms with E-state index in [0.29, 0.717) is 5.56 Å². The Bertz CT molecular complexity index is 770. The fourth-order valence-corrected chi connectivity index (χ4v) is 2.81. The van der Waals surface area contributed by atoms with Crippen molar-refractivity contribution in [3.63, 3.8) is 0 Å². The maximum absolute atomic E-state index is 13.6. The second-order valence-electron chi connectivity index (χ2n) is 6.04. The molecule has 1 aromatic carbocycles. The number of halogens is 1. The minimum absolute atomic E-state index is 0.212. The number of anilines is 3. The number of aromatic nitrogens is 2. The lowest BCUT2D eigenvalue weighted by molar-refractivity contribution is 0.626. The van der Waals surface area contributed by atoms with Gasteiger partial charge >= 0.3 is 0 Å². The Kier molecular flexibility index (Phi) is 4.47. The molecule has 1 fully saturated rings. The van der Waals surface area contributed by atoms with Crippen LogP contribution in [0.5, 0.6) is 0 Å². The number of hydrogen-bond acceptors (Lipinski definition) is 6. The first kappa shape index (κ1) is 16.0. The second kappa shape index (κ2) is 6.71. The number of rotatable bonds is 4. The van der Waals surface area contributed by atoms with Crippen molar-refractivity contribution in [2.24, 2.45) is 0 Å². The van der Waals surface area contributed by atoms with E-state index < -0.39 is 0 Å². The normalized spacial score (nSPS) is 16.8. The molecule has 0 saturated carbocycles. The standard InChI is InChI=1S/C17H19FN6/c1-23(2)17-8-16(20-11-21-17)22-14-3-4-24(10-14)15-6-12(9-19)5-13(18)7-15/h5-8,11,14H,3-4,10H2,1-2H3,(H,20,21,22). The fraction of sp³-hybridized carbons (Fsp3) is 0.353. The SMILES string of the molecule is CN(C)c1cc(NC2CCN(c3cc(F)cc(C#N)c3)C2)ncn1. The topological polar surface area (TPSA) is 68.1 Å². The molecule has 0 aliphatic carbocycles. The first-order valence-corrected chi connectivity index (χ1v) is 7.76. The van der Waals surface area contributed by atoms with Gasteiger partial charge < -0.3 is 15.1 Å². The molecule has 1 atom stereocenters. The van der Waals surface area contributed by atoms with E-state index in [0.717, 1.165) is 36.8 Å². The summed E-state index contributed by atoms with van der Waals surface area (Å²) < 4.78 is 13.6.